The van der Waals surface area contributed by atoms with E-state index >= 15 is 0 Å². The molecule has 1 aromatic heterocycles. The average Bonchev–Trinajstić information content (AvgIpc) is 3.13. The zero-order valence-electron chi connectivity index (χ0n) is 16.0. The molecule has 2 aromatic carbocycles. The van der Waals surface area contributed by atoms with Gasteiger partial charge in [-0.05, 0) is 36.4 Å². The van der Waals surface area contributed by atoms with Crippen LogP contribution >= 0.6 is 0 Å². The Balaban J connectivity index is 1.77. The van der Waals surface area contributed by atoms with Crippen LogP contribution in [0.25, 0.3) is 10.9 Å². The smallest absolute Gasteiger partial charge is 0.377 e. The maximum Gasteiger partial charge on any atom is 0.377 e. The molecule has 0 saturated carbocycles. The predicted octanol–water partition coefficient (Wildman–Crippen LogP) is 4.48. The van der Waals surface area contributed by atoms with Gasteiger partial charge in [-0.2, -0.15) is 0 Å². The van der Waals surface area contributed by atoms with E-state index in [0.29, 0.717) is 5.52 Å². The van der Waals surface area contributed by atoms with Gasteiger partial charge in [-0.15, -0.1) is 0 Å². The fourth-order valence-corrected chi connectivity index (χ4v) is 3.33. The van der Waals surface area contributed by atoms with Gasteiger partial charge in [0, 0.05) is 48.2 Å². The van der Waals surface area contributed by atoms with Crippen molar-refractivity contribution < 1.29 is 32.2 Å². The first-order chi connectivity index (χ1) is 14.1. The van der Waals surface area contributed by atoms with Gasteiger partial charge in [0.2, 0.25) is 11.5 Å². The molecular formula is C22H16F3NO4. The van der Waals surface area contributed by atoms with Crippen LogP contribution in [0, 0.1) is 17.5 Å². The summed E-state index contributed by atoms with van der Waals surface area (Å²) in [7, 11) is 0. The van der Waals surface area contributed by atoms with Gasteiger partial charge in [0.05, 0.1) is 6.54 Å². The van der Waals surface area contributed by atoms with E-state index in [2.05, 4.69) is 0 Å². The lowest BCUT2D eigenvalue weighted by molar-refractivity contribution is -0.159. The number of hydrogen-bond acceptors (Lipinski definition) is 4. The van der Waals surface area contributed by atoms with E-state index in [4.69, 9.17) is 9.47 Å². The highest BCUT2D eigenvalue weighted by Gasteiger charge is 2.38. The Morgan fingerprint density at radius 2 is 1.77 bits per heavy atom. The zero-order valence-corrected chi connectivity index (χ0v) is 16.0. The van der Waals surface area contributed by atoms with Crippen molar-refractivity contribution in [3.63, 3.8) is 0 Å². The summed E-state index contributed by atoms with van der Waals surface area (Å²) in [4.78, 5) is 24.7. The summed E-state index contributed by atoms with van der Waals surface area (Å²) >= 11 is 0. The Hall–Kier alpha value is -3.55. The number of esters is 1. The molecule has 30 heavy (non-hydrogen) atoms. The van der Waals surface area contributed by atoms with Crippen LogP contribution in [0.4, 0.5) is 13.2 Å². The number of allylic oxidation sites excluding steroid dienone is 1. The highest BCUT2D eigenvalue weighted by molar-refractivity contribution is 6.15. The summed E-state index contributed by atoms with van der Waals surface area (Å²) < 4.78 is 53.3. The second-order valence-corrected chi connectivity index (χ2v) is 7.33. The summed E-state index contributed by atoms with van der Waals surface area (Å²) in [6.07, 6.45) is 2.38. The van der Waals surface area contributed by atoms with Gasteiger partial charge in [-0.3, -0.25) is 4.79 Å². The monoisotopic (exact) mass is 415 g/mol. The van der Waals surface area contributed by atoms with Crippen LogP contribution in [0.5, 0.6) is 0 Å². The molecule has 1 fully saturated rings. The molecular weight excluding hydrogens is 399 g/mol. The molecule has 4 rings (SSSR count). The highest BCUT2D eigenvalue weighted by atomic mass is 19.1. The lowest BCUT2D eigenvalue weighted by Crippen LogP contribution is -2.19. The minimum absolute atomic E-state index is 0.0676. The molecule has 8 heteroatoms. The van der Waals surface area contributed by atoms with Crippen LogP contribution in [0.15, 0.2) is 54.4 Å². The van der Waals surface area contributed by atoms with Crippen molar-refractivity contribution in [1.82, 2.24) is 4.57 Å². The van der Waals surface area contributed by atoms with Gasteiger partial charge in [0.25, 0.3) is 0 Å². The number of rotatable bonds is 4. The number of carbonyl (C=O) groups excluding carboxylic acids is 2. The Morgan fingerprint density at radius 1 is 1.07 bits per heavy atom. The number of benzene rings is 2. The molecule has 5 nitrogen and oxygen atoms in total. The predicted molar refractivity (Wildman–Crippen MR) is 101 cm³/mol. The lowest BCUT2D eigenvalue weighted by Gasteiger charge is -2.13. The van der Waals surface area contributed by atoms with E-state index in [0.717, 1.165) is 30.3 Å². The molecule has 0 radical (unpaired) electrons. The van der Waals surface area contributed by atoms with E-state index in [1.807, 2.05) is 0 Å². The maximum absolute atomic E-state index is 14.1. The van der Waals surface area contributed by atoms with Crippen LogP contribution in [0.3, 0.4) is 0 Å². The van der Waals surface area contributed by atoms with Gasteiger partial charge in [0.1, 0.15) is 17.5 Å². The van der Waals surface area contributed by atoms with Gasteiger partial charge in [-0.25, -0.2) is 18.0 Å². The number of ketones is 1. The number of ether oxygens (including phenoxy) is 2. The molecule has 3 aromatic rings. The second-order valence-electron chi connectivity index (χ2n) is 7.33. The first-order valence-corrected chi connectivity index (χ1v) is 9.04. The molecule has 154 valence electrons. The number of cyclic esters (lactones) is 1. The van der Waals surface area contributed by atoms with Gasteiger partial charge in [-0.1, -0.05) is 0 Å². The summed E-state index contributed by atoms with van der Waals surface area (Å²) in [5.74, 6) is -4.65. The van der Waals surface area contributed by atoms with Gasteiger partial charge >= 0.3 is 5.97 Å². The third-order valence-corrected chi connectivity index (χ3v) is 4.61. The number of nitrogens with zero attached hydrogens (tertiary/aromatic N) is 1. The Morgan fingerprint density at radius 3 is 2.47 bits per heavy atom. The molecule has 0 aliphatic carbocycles. The summed E-state index contributed by atoms with van der Waals surface area (Å²) in [6.45, 7) is 2.96. The Bertz CT molecular complexity index is 1230. The van der Waals surface area contributed by atoms with Crippen LogP contribution in [-0.4, -0.2) is 22.1 Å². The molecule has 0 unspecified atom stereocenters. The van der Waals surface area contributed by atoms with Crippen molar-refractivity contribution >= 4 is 22.7 Å². The van der Waals surface area contributed by atoms with Crippen molar-refractivity contribution in [2.24, 2.45) is 0 Å². The van der Waals surface area contributed by atoms with E-state index < -0.39 is 35.0 Å². The van der Waals surface area contributed by atoms with Crippen LogP contribution in [-0.2, 0) is 20.8 Å². The Kier molecular flexibility index (Phi) is 4.64. The molecule has 1 aliphatic heterocycles. The number of aromatic nitrogens is 1. The average molecular weight is 415 g/mol. The first kappa shape index (κ1) is 19.8. The molecule has 0 amide bonds. The van der Waals surface area contributed by atoms with E-state index in [9.17, 15) is 22.8 Å². The van der Waals surface area contributed by atoms with Gasteiger partial charge in [0.15, 0.2) is 5.78 Å². The summed E-state index contributed by atoms with van der Waals surface area (Å²) in [5, 5.41) is 0.263. The highest BCUT2D eigenvalue weighted by Crippen LogP contribution is 2.29. The van der Waals surface area contributed by atoms with E-state index in [1.165, 1.54) is 36.7 Å². The lowest BCUT2D eigenvalue weighted by atomic mass is 10.1. The SMILES string of the molecule is CC1(C)OC(=O)/C(=C/C(=O)c2cn(Cc3cc(F)ccc3F)c3ccc(F)cc23)O1. The summed E-state index contributed by atoms with van der Waals surface area (Å²) in [6, 6.07) is 6.88. The summed E-state index contributed by atoms with van der Waals surface area (Å²) in [5.41, 5.74) is 0.588. The topological polar surface area (TPSA) is 57.5 Å². The zero-order chi connectivity index (χ0) is 21.6. The number of hydrogen-bond donors (Lipinski definition) is 0. The molecule has 1 aliphatic rings. The molecule has 0 N–H and O–H groups in total. The van der Waals surface area contributed by atoms with Crippen LogP contribution in [0.2, 0.25) is 0 Å². The van der Waals surface area contributed by atoms with Crippen molar-refractivity contribution in [3.8, 4) is 0 Å². The van der Waals surface area contributed by atoms with Crippen LogP contribution < -0.4 is 0 Å². The van der Waals surface area contributed by atoms with Crippen molar-refractivity contribution in [2.75, 3.05) is 0 Å². The number of halogens is 3. The quantitative estimate of drug-likeness (QED) is 0.358. The van der Waals surface area contributed by atoms with E-state index in [1.54, 1.807) is 0 Å². The largest absolute Gasteiger partial charge is 0.445 e. The standard InChI is InChI=1S/C22H16F3NO4/c1-22(2)29-20(21(28)30-22)9-19(27)16-11-26(18-6-4-14(24)8-15(16)18)10-12-7-13(23)3-5-17(12)25/h3-9,11H,10H2,1-2H3/b20-9-. The molecule has 0 bridgehead atoms. The number of fused-ring (bicyclic) bond motifs is 1. The second kappa shape index (κ2) is 7.05. The maximum atomic E-state index is 14.1. The third-order valence-electron chi connectivity index (χ3n) is 4.61. The molecule has 0 spiro atoms. The number of carbonyl (C=O) groups is 2. The molecule has 1 saturated heterocycles. The normalized spacial score (nSPS) is 16.7. The van der Waals surface area contributed by atoms with Crippen molar-refractivity contribution in [3.05, 3.63) is 83.0 Å². The third kappa shape index (κ3) is 3.68. The minimum Gasteiger partial charge on any atom is -0.445 e. The molecule has 0 atom stereocenters. The fraction of sp³-hybridized carbons (Fsp3) is 0.182. The van der Waals surface area contributed by atoms with Crippen molar-refractivity contribution in [1.29, 1.82) is 0 Å². The Labute approximate surface area is 169 Å². The van der Waals surface area contributed by atoms with Gasteiger partial charge < -0.3 is 14.0 Å². The van der Waals surface area contributed by atoms with Crippen molar-refractivity contribution in [2.45, 2.75) is 26.2 Å². The molecule has 2 heterocycles. The van der Waals surface area contributed by atoms with E-state index in [-0.39, 0.29) is 28.8 Å². The first-order valence-electron chi connectivity index (χ1n) is 9.04. The van der Waals surface area contributed by atoms with Crippen LogP contribution in [0.1, 0.15) is 29.8 Å². The fourth-order valence-electron chi connectivity index (χ4n) is 3.33. The minimum atomic E-state index is -1.20.